The number of hydrogen-bond donors (Lipinski definition) is 1. The summed E-state index contributed by atoms with van der Waals surface area (Å²) in [7, 11) is 3.19. The van der Waals surface area contributed by atoms with Crippen LogP contribution in [0.2, 0.25) is 0 Å². The summed E-state index contributed by atoms with van der Waals surface area (Å²) >= 11 is 0. The molecule has 2 aromatic carbocycles. The summed E-state index contributed by atoms with van der Waals surface area (Å²) in [6, 6.07) is 13.0. The Morgan fingerprint density at radius 3 is 2.30 bits per heavy atom. The molecule has 0 spiro atoms. The molecule has 2 aromatic rings. The maximum Gasteiger partial charge on any atom is 0.244 e. The summed E-state index contributed by atoms with van der Waals surface area (Å²) < 4.78 is 16.0. The zero-order valence-corrected chi connectivity index (χ0v) is 16.2. The first-order chi connectivity index (χ1) is 13.1. The number of amides is 1. The topological polar surface area (TPSA) is 69.2 Å². The molecule has 0 aliphatic rings. The maximum absolute atomic E-state index is 12.2. The fourth-order valence-corrected chi connectivity index (χ4v) is 2.59. The molecule has 0 saturated heterocycles. The average molecular weight is 370 g/mol. The molecule has 1 N–H and O–H groups in total. The number of carbonyl (C=O) groups excluding carboxylic acids is 1. The zero-order valence-electron chi connectivity index (χ0n) is 16.2. The quantitative estimate of drug-likeness (QED) is 0.541. The molecule has 27 heavy (non-hydrogen) atoms. The van der Waals surface area contributed by atoms with Crippen molar-refractivity contribution in [1.82, 2.24) is 5.43 Å². The number of nitrogens with one attached hydrogen (secondary N) is 1. The van der Waals surface area contributed by atoms with Crippen molar-refractivity contribution < 1.29 is 19.0 Å². The van der Waals surface area contributed by atoms with E-state index in [-0.39, 0.29) is 12.3 Å². The molecule has 0 radical (unpaired) electrons. The third-order valence-corrected chi connectivity index (χ3v) is 3.97. The number of carbonyl (C=O) groups is 1. The Hall–Kier alpha value is -3.02. The van der Waals surface area contributed by atoms with Gasteiger partial charge in [-0.1, -0.05) is 19.1 Å². The highest BCUT2D eigenvalue weighted by Gasteiger charge is 2.11. The first-order valence-corrected chi connectivity index (χ1v) is 8.90. The highest BCUT2D eigenvalue weighted by molar-refractivity contribution is 6.03. The van der Waals surface area contributed by atoms with Crippen LogP contribution in [0.1, 0.15) is 31.4 Å². The number of nitrogens with zero attached hydrogens (tertiary/aromatic N) is 1. The Kier molecular flexibility index (Phi) is 7.67. The molecule has 0 fully saturated rings. The number of ether oxygens (including phenoxy) is 3. The van der Waals surface area contributed by atoms with E-state index >= 15 is 0 Å². The minimum atomic E-state index is -0.183. The molecule has 2 rings (SSSR count). The van der Waals surface area contributed by atoms with Crippen LogP contribution in [-0.2, 0) is 11.2 Å². The Bertz CT molecular complexity index is 785. The van der Waals surface area contributed by atoms with Crippen LogP contribution in [0, 0.1) is 0 Å². The van der Waals surface area contributed by atoms with E-state index in [2.05, 4.69) is 10.5 Å². The zero-order chi connectivity index (χ0) is 19.6. The van der Waals surface area contributed by atoms with Crippen molar-refractivity contribution >= 4 is 11.6 Å². The lowest BCUT2D eigenvalue weighted by Crippen LogP contribution is -2.22. The van der Waals surface area contributed by atoms with Gasteiger partial charge in [0.2, 0.25) is 5.91 Å². The van der Waals surface area contributed by atoms with E-state index in [0.717, 1.165) is 22.6 Å². The predicted octanol–water partition coefficient (Wildman–Crippen LogP) is 3.58. The van der Waals surface area contributed by atoms with E-state index in [1.165, 1.54) is 0 Å². The van der Waals surface area contributed by atoms with E-state index < -0.39 is 0 Å². The third-order valence-electron chi connectivity index (χ3n) is 3.97. The first kappa shape index (κ1) is 20.3. The molecule has 0 atom stereocenters. The van der Waals surface area contributed by atoms with Crippen molar-refractivity contribution in [2.24, 2.45) is 5.10 Å². The van der Waals surface area contributed by atoms with Crippen molar-refractivity contribution in [3.05, 3.63) is 53.6 Å². The van der Waals surface area contributed by atoms with Crippen molar-refractivity contribution in [2.75, 3.05) is 20.8 Å². The minimum absolute atomic E-state index is 0.183. The second-order valence-electron chi connectivity index (χ2n) is 5.77. The van der Waals surface area contributed by atoms with E-state index in [4.69, 9.17) is 14.2 Å². The fourth-order valence-electron chi connectivity index (χ4n) is 2.59. The summed E-state index contributed by atoms with van der Waals surface area (Å²) in [4.78, 5) is 12.2. The van der Waals surface area contributed by atoms with Gasteiger partial charge in [-0.25, -0.2) is 5.43 Å². The minimum Gasteiger partial charge on any atom is -0.497 e. The van der Waals surface area contributed by atoms with Gasteiger partial charge >= 0.3 is 0 Å². The molecule has 144 valence electrons. The molecular formula is C21H26N2O4. The van der Waals surface area contributed by atoms with Gasteiger partial charge in [0.25, 0.3) is 0 Å². The van der Waals surface area contributed by atoms with Crippen LogP contribution in [0.5, 0.6) is 17.2 Å². The monoisotopic (exact) mass is 370 g/mol. The Morgan fingerprint density at radius 2 is 1.70 bits per heavy atom. The average Bonchev–Trinajstić information content (AvgIpc) is 2.70. The van der Waals surface area contributed by atoms with Gasteiger partial charge in [-0.15, -0.1) is 0 Å². The lowest BCUT2D eigenvalue weighted by Gasteiger charge is -2.12. The van der Waals surface area contributed by atoms with Gasteiger partial charge in [0.05, 0.1) is 33.0 Å². The SMILES string of the molecule is CCOc1ccc(CC(=O)N/N=C(/CC)c2ccc(OC)cc2OC)cc1. The summed E-state index contributed by atoms with van der Waals surface area (Å²) in [6.45, 7) is 4.52. The van der Waals surface area contributed by atoms with Gasteiger partial charge in [0.1, 0.15) is 17.2 Å². The van der Waals surface area contributed by atoms with Gasteiger partial charge in [0, 0.05) is 11.6 Å². The molecular weight excluding hydrogens is 344 g/mol. The molecule has 6 heteroatoms. The molecule has 0 aliphatic carbocycles. The van der Waals surface area contributed by atoms with E-state index in [1.54, 1.807) is 20.3 Å². The highest BCUT2D eigenvalue weighted by Crippen LogP contribution is 2.25. The smallest absolute Gasteiger partial charge is 0.244 e. The van der Waals surface area contributed by atoms with Gasteiger partial charge in [-0.3, -0.25) is 4.79 Å². The fraction of sp³-hybridized carbons (Fsp3) is 0.333. The molecule has 0 aromatic heterocycles. The van der Waals surface area contributed by atoms with Gasteiger partial charge in [-0.05, 0) is 43.2 Å². The molecule has 6 nitrogen and oxygen atoms in total. The van der Waals surface area contributed by atoms with E-state index in [0.29, 0.717) is 24.5 Å². The van der Waals surface area contributed by atoms with Gasteiger partial charge < -0.3 is 14.2 Å². The third kappa shape index (κ3) is 5.74. The highest BCUT2D eigenvalue weighted by atomic mass is 16.5. The van der Waals surface area contributed by atoms with E-state index in [9.17, 15) is 4.79 Å². The molecule has 0 heterocycles. The van der Waals surface area contributed by atoms with Crippen molar-refractivity contribution in [3.63, 3.8) is 0 Å². The molecule has 0 bridgehead atoms. The van der Waals surface area contributed by atoms with Crippen LogP contribution < -0.4 is 19.6 Å². The van der Waals surface area contributed by atoms with Crippen molar-refractivity contribution in [1.29, 1.82) is 0 Å². The number of hydrazone groups is 1. The lowest BCUT2D eigenvalue weighted by molar-refractivity contribution is -0.120. The number of benzene rings is 2. The lowest BCUT2D eigenvalue weighted by atomic mass is 10.1. The van der Waals surface area contributed by atoms with Crippen LogP contribution in [0.4, 0.5) is 0 Å². The summed E-state index contributed by atoms with van der Waals surface area (Å²) in [5.41, 5.74) is 5.08. The number of methoxy groups -OCH3 is 2. The van der Waals surface area contributed by atoms with Crippen LogP contribution in [0.25, 0.3) is 0 Å². The Labute approximate surface area is 160 Å². The van der Waals surface area contributed by atoms with E-state index in [1.807, 2.05) is 50.2 Å². The van der Waals surface area contributed by atoms with Crippen molar-refractivity contribution in [3.8, 4) is 17.2 Å². The van der Waals surface area contributed by atoms with Crippen LogP contribution >= 0.6 is 0 Å². The number of hydrogen-bond acceptors (Lipinski definition) is 5. The van der Waals surface area contributed by atoms with Crippen LogP contribution in [-0.4, -0.2) is 32.4 Å². The molecule has 0 saturated carbocycles. The summed E-state index contributed by atoms with van der Waals surface area (Å²) in [6.07, 6.45) is 0.888. The number of rotatable bonds is 9. The maximum atomic E-state index is 12.2. The largest absolute Gasteiger partial charge is 0.497 e. The summed E-state index contributed by atoms with van der Waals surface area (Å²) in [5.74, 6) is 1.96. The first-order valence-electron chi connectivity index (χ1n) is 8.90. The van der Waals surface area contributed by atoms with Crippen LogP contribution in [0.3, 0.4) is 0 Å². The van der Waals surface area contributed by atoms with Gasteiger partial charge in [-0.2, -0.15) is 5.10 Å². The summed E-state index contributed by atoms with van der Waals surface area (Å²) in [5, 5.41) is 4.29. The Balaban J connectivity index is 2.06. The second kappa shape index (κ2) is 10.2. The van der Waals surface area contributed by atoms with Crippen LogP contribution in [0.15, 0.2) is 47.6 Å². The second-order valence-corrected chi connectivity index (χ2v) is 5.77. The van der Waals surface area contributed by atoms with Crippen molar-refractivity contribution in [2.45, 2.75) is 26.7 Å². The normalized spacial score (nSPS) is 11.0. The standard InChI is InChI=1S/C21H26N2O4/c1-5-19(18-12-11-17(25-3)14-20(18)26-4)22-23-21(24)13-15-7-9-16(10-8-15)27-6-2/h7-12,14H,5-6,13H2,1-4H3,(H,23,24)/b22-19-. The molecule has 1 amide bonds. The molecule has 0 unspecified atom stereocenters. The molecule has 0 aliphatic heterocycles. The predicted molar refractivity (Wildman–Crippen MR) is 106 cm³/mol. The van der Waals surface area contributed by atoms with Gasteiger partial charge in [0.15, 0.2) is 0 Å². The Morgan fingerprint density at radius 1 is 1.00 bits per heavy atom.